The Morgan fingerprint density at radius 3 is 2.79 bits per heavy atom. The summed E-state index contributed by atoms with van der Waals surface area (Å²) in [6.07, 6.45) is 2.16. The van der Waals surface area contributed by atoms with Crippen LogP contribution < -0.4 is 10.6 Å². The zero-order valence-corrected chi connectivity index (χ0v) is 20.4. The second-order valence-corrected chi connectivity index (χ2v) is 10.6. The van der Waals surface area contributed by atoms with E-state index in [1.807, 2.05) is 18.7 Å². The van der Waals surface area contributed by atoms with Gasteiger partial charge in [0.25, 0.3) is 5.91 Å². The lowest BCUT2D eigenvalue weighted by atomic mass is 9.96. The molecule has 1 aromatic carbocycles. The number of nitrogens with zero attached hydrogens (tertiary/aromatic N) is 3. The van der Waals surface area contributed by atoms with Crippen molar-refractivity contribution < 1.29 is 9.59 Å². The average Bonchev–Trinajstić information content (AvgIpc) is 3.45. The van der Waals surface area contributed by atoms with Crippen molar-refractivity contribution in [3.8, 4) is 0 Å². The van der Waals surface area contributed by atoms with Crippen LogP contribution in [0.15, 0.2) is 18.2 Å². The van der Waals surface area contributed by atoms with E-state index in [4.69, 9.17) is 23.2 Å². The molecule has 3 aliphatic heterocycles. The molecule has 176 valence electrons. The standard InChI is InChI=1S/C23H28Cl2N6O2/c1-12-10-30-8-4-5-17(30)18(26-12)22(33)31-11-14-19(23(31,2)3)28-29-20(14)27-21(32)13-6-7-15(24)16(25)9-13/h6-7,9,12,17-18,26H,4-5,8,10-11H2,1-3H3,(H2,27,28,29,32)/t12-,17-,18?/m0/s1. The van der Waals surface area contributed by atoms with Gasteiger partial charge in [-0.1, -0.05) is 23.2 Å². The molecule has 3 atom stereocenters. The summed E-state index contributed by atoms with van der Waals surface area (Å²) in [7, 11) is 0. The van der Waals surface area contributed by atoms with E-state index >= 15 is 0 Å². The number of hydrogen-bond acceptors (Lipinski definition) is 5. The summed E-state index contributed by atoms with van der Waals surface area (Å²) < 4.78 is 0. The van der Waals surface area contributed by atoms with Crippen molar-refractivity contribution in [3.05, 3.63) is 45.1 Å². The molecule has 10 heteroatoms. The normalized spacial score (nSPS) is 26.2. The summed E-state index contributed by atoms with van der Waals surface area (Å²) in [6.45, 7) is 8.57. The van der Waals surface area contributed by atoms with Gasteiger partial charge in [0.1, 0.15) is 6.04 Å². The molecule has 1 aromatic heterocycles. The molecule has 3 aliphatic rings. The Morgan fingerprint density at radius 1 is 1.24 bits per heavy atom. The first kappa shape index (κ1) is 22.7. The maximum Gasteiger partial charge on any atom is 0.256 e. The highest BCUT2D eigenvalue weighted by Gasteiger charge is 2.49. The highest BCUT2D eigenvalue weighted by molar-refractivity contribution is 6.42. The van der Waals surface area contributed by atoms with Crippen LogP contribution in [0, 0.1) is 0 Å². The van der Waals surface area contributed by atoms with Gasteiger partial charge in [0.2, 0.25) is 5.91 Å². The third kappa shape index (κ3) is 3.83. The third-order valence-electron chi connectivity index (χ3n) is 7.19. The predicted molar refractivity (Wildman–Crippen MR) is 128 cm³/mol. The van der Waals surface area contributed by atoms with E-state index in [0.717, 1.165) is 37.2 Å². The van der Waals surface area contributed by atoms with Crippen LogP contribution in [0.3, 0.4) is 0 Å². The first-order valence-corrected chi connectivity index (χ1v) is 12.1. The number of carbonyl (C=O) groups excluding carboxylic acids is 2. The smallest absolute Gasteiger partial charge is 0.256 e. The molecule has 1 unspecified atom stereocenters. The SMILES string of the molecule is C[C@H]1CN2CCC[C@H]2C(C(=O)N2Cc3c(NC(=O)c4ccc(Cl)c(Cl)c4)n[nH]c3C2(C)C)N1. The molecule has 0 bridgehead atoms. The molecule has 33 heavy (non-hydrogen) atoms. The van der Waals surface area contributed by atoms with Crippen molar-refractivity contribution in [1.82, 2.24) is 25.3 Å². The fourth-order valence-electron chi connectivity index (χ4n) is 5.47. The van der Waals surface area contributed by atoms with Gasteiger partial charge in [-0.25, -0.2) is 0 Å². The van der Waals surface area contributed by atoms with Crippen LogP contribution in [-0.4, -0.2) is 63.0 Å². The molecular weight excluding hydrogens is 463 g/mol. The maximum atomic E-state index is 13.8. The van der Waals surface area contributed by atoms with E-state index in [0.29, 0.717) is 28.0 Å². The van der Waals surface area contributed by atoms with Crippen LogP contribution in [0.25, 0.3) is 0 Å². The van der Waals surface area contributed by atoms with Gasteiger partial charge in [0.15, 0.2) is 5.82 Å². The Labute approximate surface area is 203 Å². The molecule has 0 spiro atoms. The van der Waals surface area contributed by atoms with Gasteiger partial charge in [-0.15, -0.1) is 0 Å². The summed E-state index contributed by atoms with van der Waals surface area (Å²) in [5, 5.41) is 14.5. The number of anilines is 1. The van der Waals surface area contributed by atoms with Gasteiger partial charge in [-0.2, -0.15) is 5.10 Å². The number of carbonyl (C=O) groups is 2. The zero-order valence-electron chi connectivity index (χ0n) is 18.9. The number of rotatable bonds is 3. The van der Waals surface area contributed by atoms with Crippen molar-refractivity contribution in [1.29, 1.82) is 0 Å². The summed E-state index contributed by atoms with van der Waals surface area (Å²) >= 11 is 12.0. The number of piperazine rings is 1. The lowest BCUT2D eigenvalue weighted by Crippen LogP contribution is -2.65. The molecule has 5 rings (SSSR count). The van der Waals surface area contributed by atoms with E-state index in [9.17, 15) is 9.59 Å². The lowest BCUT2D eigenvalue weighted by molar-refractivity contribution is -0.142. The van der Waals surface area contributed by atoms with E-state index in [-0.39, 0.29) is 29.9 Å². The molecule has 2 amide bonds. The highest BCUT2D eigenvalue weighted by atomic mass is 35.5. The summed E-state index contributed by atoms with van der Waals surface area (Å²) in [6, 6.07) is 4.98. The fourth-order valence-corrected chi connectivity index (χ4v) is 5.77. The number of halogens is 2. The largest absolute Gasteiger partial charge is 0.326 e. The van der Waals surface area contributed by atoms with E-state index in [2.05, 4.69) is 32.7 Å². The molecule has 2 aromatic rings. The van der Waals surface area contributed by atoms with Crippen LogP contribution in [0.4, 0.5) is 5.82 Å². The maximum absolute atomic E-state index is 13.8. The minimum atomic E-state index is -0.572. The first-order chi connectivity index (χ1) is 15.7. The van der Waals surface area contributed by atoms with Crippen molar-refractivity contribution in [3.63, 3.8) is 0 Å². The van der Waals surface area contributed by atoms with E-state index in [1.165, 1.54) is 6.07 Å². The van der Waals surface area contributed by atoms with Gasteiger partial charge >= 0.3 is 0 Å². The van der Waals surface area contributed by atoms with Gasteiger partial charge < -0.3 is 15.5 Å². The minimum Gasteiger partial charge on any atom is -0.326 e. The van der Waals surface area contributed by atoms with Crippen molar-refractivity contribution in [2.24, 2.45) is 0 Å². The summed E-state index contributed by atoms with van der Waals surface area (Å²) in [4.78, 5) is 30.9. The molecule has 3 N–H and O–H groups in total. The second kappa shape index (κ2) is 8.27. The van der Waals surface area contributed by atoms with Gasteiger partial charge in [0, 0.05) is 29.8 Å². The number of hydrogen-bond donors (Lipinski definition) is 3. The number of nitrogens with one attached hydrogen (secondary N) is 3. The second-order valence-electron chi connectivity index (χ2n) is 9.74. The number of aromatic amines is 1. The average molecular weight is 491 g/mol. The molecule has 0 saturated carbocycles. The summed E-state index contributed by atoms with van der Waals surface area (Å²) in [5.41, 5.74) is 1.48. The Kier molecular flexibility index (Phi) is 5.68. The minimum absolute atomic E-state index is 0.0924. The molecular formula is C23H28Cl2N6O2. The van der Waals surface area contributed by atoms with Crippen LogP contribution in [0.1, 0.15) is 55.2 Å². The highest BCUT2D eigenvalue weighted by Crippen LogP contribution is 2.41. The van der Waals surface area contributed by atoms with Gasteiger partial charge in [-0.05, 0) is 58.4 Å². The van der Waals surface area contributed by atoms with E-state index in [1.54, 1.807) is 12.1 Å². The molecule has 2 fully saturated rings. The molecule has 0 radical (unpaired) electrons. The van der Waals surface area contributed by atoms with Gasteiger partial charge in [-0.3, -0.25) is 19.6 Å². The quantitative estimate of drug-likeness (QED) is 0.613. The molecule has 2 saturated heterocycles. The lowest BCUT2D eigenvalue weighted by Gasteiger charge is -2.43. The van der Waals surface area contributed by atoms with Crippen molar-refractivity contribution >= 4 is 40.8 Å². The Hall–Kier alpha value is -2.13. The first-order valence-electron chi connectivity index (χ1n) is 11.3. The number of aromatic nitrogens is 2. The number of amides is 2. The number of fused-ring (bicyclic) bond motifs is 2. The Morgan fingerprint density at radius 2 is 2.03 bits per heavy atom. The Bertz CT molecular complexity index is 1120. The van der Waals surface area contributed by atoms with Crippen LogP contribution in [0.5, 0.6) is 0 Å². The van der Waals surface area contributed by atoms with E-state index < -0.39 is 5.54 Å². The third-order valence-corrected chi connectivity index (χ3v) is 7.93. The molecule has 4 heterocycles. The van der Waals surface area contributed by atoms with Crippen LogP contribution >= 0.6 is 23.2 Å². The molecule has 0 aliphatic carbocycles. The number of H-pyrrole nitrogens is 1. The Balaban J connectivity index is 1.37. The summed E-state index contributed by atoms with van der Waals surface area (Å²) in [5.74, 6) is 0.182. The number of benzene rings is 1. The van der Waals surface area contributed by atoms with Crippen LogP contribution in [0.2, 0.25) is 10.0 Å². The topological polar surface area (TPSA) is 93.4 Å². The zero-order chi connectivity index (χ0) is 23.5. The van der Waals surface area contributed by atoms with Crippen molar-refractivity contribution in [2.45, 2.75) is 63.8 Å². The van der Waals surface area contributed by atoms with Crippen molar-refractivity contribution in [2.75, 3.05) is 18.4 Å². The predicted octanol–water partition coefficient (Wildman–Crippen LogP) is 3.37. The van der Waals surface area contributed by atoms with Gasteiger partial charge in [0.05, 0.1) is 27.8 Å². The monoisotopic (exact) mass is 490 g/mol. The fraction of sp³-hybridized carbons (Fsp3) is 0.522. The van der Waals surface area contributed by atoms with Crippen LogP contribution in [-0.2, 0) is 16.9 Å². The molecule has 8 nitrogen and oxygen atoms in total.